The lowest BCUT2D eigenvalue weighted by molar-refractivity contribution is -0.255. The van der Waals surface area contributed by atoms with E-state index in [-0.39, 0.29) is 29.2 Å². The molecule has 0 radical (unpaired) electrons. The number of aliphatic hydroxyl groups excluding tert-OH is 4. The normalized spacial score (nSPS) is 27.0. The molecule has 2 aromatic rings. The Balaban J connectivity index is 1.94. The molecule has 14 heteroatoms. The standard InChI is InChI=1S/C16H25N7O7/c1-21(2)5-4-8(25)17-14-9-10(22(3)19-14)15(29)23(20-18-9)16-13(28)12(27)11(26)7(6-24)30-16/h7,11-13,16,24,26-28H,4-6H2,1-3H3,(H,17,19,25). The molecule has 14 nitrogen and oxygen atoms in total. The van der Waals surface area contributed by atoms with Gasteiger partial charge in [0.2, 0.25) is 5.91 Å². The zero-order chi connectivity index (χ0) is 22.2. The molecule has 1 aliphatic heterocycles. The molecule has 0 saturated carbocycles. The highest BCUT2D eigenvalue weighted by molar-refractivity contribution is 5.97. The average Bonchev–Trinajstić information content (AvgIpc) is 3.01. The van der Waals surface area contributed by atoms with Gasteiger partial charge in [-0.3, -0.25) is 14.3 Å². The van der Waals surface area contributed by atoms with E-state index < -0.39 is 42.8 Å². The number of rotatable bonds is 6. The number of aromatic nitrogens is 5. The maximum atomic E-state index is 13.0. The van der Waals surface area contributed by atoms with Gasteiger partial charge in [-0.05, 0) is 14.1 Å². The second-order valence-electron chi connectivity index (χ2n) is 7.33. The summed E-state index contributed by atoms with van der Waals surface area (Å²) in [7, 11) is 5.13. The zero-order valence-electron chi connectivity index (χ0n) is 16.7. The van der Waals surface area contributed by atoms with Crippen LogP contribution < -0.4 is 10.9 Å². The third kappa shape index (κ3) is 4.05. The Hall–Kier alpha value is -2.49. The van der Waals surface area contributed by atoms with E-state index in [4.69, 9.17) is 4.74 Å². The molecule has 5 N–H and O–H groups in total. The van der Waals surface area contributed by atoms with Gasteiger partial charge in [0.1, 0.15) is 24.4 Å². The van der Waals surface area contributed by atoms with Crippen LogP contribution in [0.1, 0.15) is 12.6 Å². The van der Waals surface area contributed by atoms with Gasteiger partial charge in [-0.15, -0.1) is 5.10 Å². The van der Waals surface area contributed by atoms with Gasteiger partial charge in [0.15, 0.2) is 23.1 Å². The highest BCUT2D eigenvalue weighted by Gasteiger charge is 2.45. The molecule has 5 unspecified atom stereocenters. The third-order valence-electron chi connectivity index (χ3n) is 4.83. The molecule has 1 saturated heterocycles. The largest absolute Gasteiger partial charge is 0.394 e. The smallest absolute Gasteiger partial charge is 0.298 e. The van der Waals surface area contributed by atoms with E-state index in [0.717, 1.165) is 0 Å². The van der Waals surface area contributed by atoms with E-state index in [1.165, 1.54) is 11.7 Å². The third-order valence-corrected chi connectivity index (χ3v) is 4.83. The average molecular weight is 427 g/mol. The van der Waals surface area contributed by atoms with Gasteiger partial charge in [-0.25, -0.2) is 0 Å². The van der Waals surface area contributed by atoms with Gasteiger partial charge in [-0.1, -0.05) is 5.21 Å². The first-order valence-corrected chi connectivity index (χ1v) is 9.23. The molecule has 166 valence electrons. The summed E-state index contributed by atoms with van der Waals surface area (Å²) < 4.78 is 7.26. The van der Waals surface area contributed by atoms with Crippen molar-refractivity contribution in [3.63, 3.8) is 0 Å². The predicted molar refractivity (Wildman–Crippen MR) is 101 cm³/mol. The summed E-state index contributed by atoms with van der Waals surface area (Å²) in [5.74, 6) is -0.259. The topological polar surface area (TPSA) is 188 Å². The second-order valence-corrected chi connectivity index (χ2v) is 7.33. The Morgan fingerprint density at radius 2 is 1.93 bits per heavy atom. The van der Waals surface area contributed by atoms with E-state index in [9.17, 15) is 30.0 Å². The van der Waals surface area contributed by atoms with Gasteiger partial charge >= 0.3 is 0 Å². The number of anilines is 1. The lowest BCUT2D eigenvalue weighted by Gasteiger charge is -2.39. The molecule has 1 aliphatic rings. The van der Waals surface area contributed by atoms with Crippen molar-refractivity contribution in [3.05, 3.63) is 10.4 Å². The fourth-order valence-electron chi connectivity index (χ4n) is 3.14. The lowest BCUT2D eigenvalue weighted by Crippen LogP contribution is -2.58. The summed E-state index contributed by atoms with van der Waals surface area (Å²) >= 11 is 0. The zero-order valence-corrected chi connectivity index (χ0v) is 16.7. The van der Waals surface area contributed by atoms with Crippen molar-refractivity contribution in [1.82, 2.24) is 29.7 Å². The molecular weight excluding hydrogens is 402 g/mol. The van der Waals surface area contributed by atoms with Crippen molar-refractivity contribution >= 4 is 22.8 Å². The summed E-state index contributed by atoms with van der Waals surface area (Å²) in [6.45, 7) is -0.132. The molecule has 0 aromatic carbocycles. The Labute approximate surface area is 170 Å². The molecule has 0 aliphatic carbocycles. The minimum atomic E-state index is -1.70. The summed E-state index contributed by atoms with van der Waals surface area (Å²) in [5, 5.41) is 53.8. The number of hydrogen-bond donors (Lipinski definition) is 5. The van der Waals surface area contributed by atoms with Gasteiger partial charge in [0.05, 0.1) is 6.61 Å². The van der Waals surface area contributed by atoms with Crippen molar-refractivity contribution in [1.29, 1.82) is 0 Å². The maximum Gasteiger partial charge on any atom is 0.298 e. The summed E-state index contributed by atoms with van der Waals surface area (Å²) in [4.78, 5) is 26.9. The number of nitrogens with one attached hydrogen (secondary N) is 1. The van der Waals surface area contributed by atoms with Crippen LogP contribution >= 0.6 is 0 Å². The Morgan fingerprint density at radius 3 is 2.57 bits per heavy atom. The number of aryl methyl sites for hydroxylation is 1. The van der Waals surface area contributed by atoms with Crippen molar-refractivity contribution in [2.24, 2.45) is 7.05 Å². The first-order chi connectivity index (χ1) is 14.1. The summed E-state index contributed by atoms with van der Waals surface area (Å²) in [6, 6.07) is 0. The SMILES string of the molecule is CN(C)CCC(=O)Nc1nn(C)c2c(=O)n(C3OC(CO)C(O)C(O)C3O)nnc12. The fraction of sp³-hybridized carbons (Fsp3) is 0.688. The number of carbonyl (C=O) groups excluding carboxylic acids is 1. The van der Waals surface area contributed by atoms with Gasteiger partial charge in [0, 0.05) is 20.0 Å². The van der Waals surface area contributed by atoms with Crippen LogP contribution in [0.15, 0.2) is 4.79 Å². The predicted octanol–water partition coefficient (Wildman–Crippen LogP) is -3.61. The molecule has 30 heavy (non-hydrogen) atoms. The molecule has 3 rings (SSSR count). The number of carbonyl (C=O) groups is 1. The van der Waals surface area contributed by atoms with Gasteiger partial charge in [0.25, 0.3) is 5.56 Å². The Kier molecular flexibility index (Phi) is 6.44. The molecule has 0 spiro atoms. The van der Waals surface area contributed by atoms with E-state index in [1.807, 2.05) is 19.0 Å². The first-order valence-electron chi connectivity index (χ1n) is 9.23. The monoisotopic (exact) mass is 427 g/mol. The van der Waals surface area contributed by atoms with Crippen LogP contribution in [0.2, 0.25) is 0 Å². The fourth-order valence-corrected chi connectivity index (χ4v) is 3.14. The Morgan fingerprint density at radius 1 is 1.23 bits per heavy atom. The molecule has 1 fully saturated rings. The van der Waals surface area contributed by atoms with E-state index in [2.05, 4.69) is 20.7 Å². The van der Waals surface area contributed by atoms with E-state index in [1.54, 1.807) is 0 Å². The van der Waals surface area contributed by atoms with E-state index in [0.29, 0.717) is 11.2 Å². The van der Waals surface area contributed by atoms with Gasteiger partial charge in [-0.2, -0.15) is 9.78 Å². The molecule has 0 bridgehead atoms. The van der Waals surface area contributed by atoms with Gasteiger partial charge < -0.3 is 35.4 Å². The van der Waals surface area contributed by atoms with Crippen LogP contribution in [0.25, 0.3) is 11.0 Å². The van der Waals surface area contributed by atoms with Crippen molar-refractivity contribution in [2.75, 3.05) is 32.6 Å². The number of aliphatic hydroxyl groups is 4. The minimum absolute atomic E-state index is 0.0233. The van der Waals surface area contributed by atoms with Crippen LogP contribution in [0.3, 0.4) is 0 Å². The van der Waals surface area contributed by atoms with E-state index >= 15 is 0 Å². The lowest BCUT2D eigenvalue weighted by atomic mass is 9.98. The molecule has 2 aromatic heterocycles. The number of fused-ring (bicyclic) bond motifs is 1. The number of hydrogen-bond acceptors (Lipinski definition) is 11. The van der Waals surface area contributed by atoms with Crippen LogP contribution in [-0.2, 0) is 16.6 Å². The summed E-state index contributed by atoms with van der Waals surface area (Å²) in [6.07, 6.45) is -7.46. The molecule has 1 amide bonds. The number of amides is 1. The second kappa shape index (κ2) is 8.71. The van der Waals surface area contributed by atoms with Crippen LogP contribution in [0, 0.1) is 0 Å². The maximum absolute atomic E-state index is 13.0. The number of nitrogens with zero attached hydrogens (tertiary/aromatic N) is 6. The number of ether oxygens (including phenoxy) is 1. The quantitative estimate of drug-likeness (QED) is 0.306. The molecular formula is C16H25N7O7. The van der Waals surface area contributed by atoms with Crippen molar-refractivity contribution in [3.8, 4) is 0 Å². The van der Waals surface area contributed by atoms with Crippen LogP contribution in [-0.4, -0.2) is 108 Å². The molecule has 3 heterocycles. The summed E-state index contributed by atoms with van der Waals surface area (Å²) in [5.41, 5.74) is -0.737. The molecule has 5 atom stereocenters. The van der Waals surface area contributed by atoms with Crippen molar-refractivity contribution in [2.45, 2.75) is 37.1 Å². The van der Waals surface area contributed by atoms with Crippen LogP contribution in [0.4, 0.5) is 5.82 Å². The van der Waals surface area contributed by atoms with Crippen molar-refractivity contribution < 1.29 is 30.0 Å². The first kappa shape index (κ1) is 22.2. The Bertz CT molecular complexity index is 973. The highest BCUT2D eigenvalue weighted by atomic mass is 16.6. The minimum Gasteiger partial charge on any atom is -0.394 e. The highest BCUT2D eigenvalue weighted by Crippen LogP contribution is 2.27. The van der Waals surface area contributed by atoms with Crippen LogP contribution in [0.5, 0.6) is 0 Å².